The van der Waals surface area contributed by atoms with Crippen molar-refractivity contribution in [3.63, 3.8) is 0 Å². The zero-order valence-electron chi connectivity index (χ0n) is 14.7. The summed E-state index contributed by atoms with van der Waals surface area (Å²) in [5.74, 6) is 0.550. The number of para-hydroxylation sites is 1. The van der Waals surface area contributed by atoms with E-state index >= 15 is 0 Å². The summed E-state index contributed by atoms with van der Waals surface area (Å²) in [4.78, 5) is 16.5. The number of halogens is 1. The van der Waals surface area contributed by atoms with Crippen LogP contribution in [-0.4, -0.2) is 11.3 Å². The quantitative estimate of drug-likeness (QED) is 0.322. The Bertz CT molecular complexity index is 1340. The Balaban J connectivity index is 1.84. The van der Waals surface area contributed by atoms with Crippen molar-refractivity contribution in [1.29, 1.82) is 0 Å². The van der Waals surface area contributed by atoms with Crippen molar-refractivity contribution in [3.05, 3.63) is 89.4 Å². The van der Waals surface area contributed by atoms with Crippen LogP contribution >= 0.6 is 11.6 Å². The average molecular weight is 384 g/mol. The van der Waals surface area contributed by atoms with Gasteiger partial charge < -0.3 is 4.42 Å². The van der Waals surface area contributed by atoms with Crippen LogP contribution in [0.3, 0.4) is 0 Å². The van der Waals surface area contributed by atoms with Gasteiger partial charge in [0.25, 0.3) is 0 Å². The van der Waals surface area contributed by atoms with Gasteiger partial charge in [0.05, 0.1) is 0 Å². The highest BCUT2D eigenvalue weighted by molar-refractivity contribution is 6.36. The molecule has 0 saturated heterocycles. The van der Waals surface area contributed by atoms with Gasteiger partial charge in [-0.25, -0.2) is 4.98 Å². The Morgan fingerprint density at radius 3 is 2.39 bits per heavy atom. The first-order chi connectivity index (χ1) is 13.8. The largest absolute Gasteiger partial charge is 0.435 e. The monoisotopic (exact) mass is 383 g/mol. The van der Waals surface area contributed by atoms with Gasteiger partial charge in [0.15, 0.2) is 11.9 Å². The van der Waals surface area contributed by atoms with E-state index in [1.165, 1.54) is 0 Å². The molecule has 5 aromatic rings. The minimum Gasteiger partial charge on any atom is -0.435 e. The van der Waals surface area contributed by atoms with Crippen molar-refractivity contribution < 1.29 is 9.21 Å². The maximum absolute atomic E-state index is 11.9. The third kappa shape index (κ3) is 2.60. The summed E-state index contributed by atoms with van der Waals surface area (Å²) in [5, 5.41) is 2.35. The Labute approximate surface area is 166 Å². The lowest BCUT2D eigenvalue weighted by atomic mass is 9.93. The van der Waals surface area contributed by atoms with Crippen molar-refractivity contribution in [2.45, 2.75) is 0 Å². The summed E-state index contributed by atoms with van der Waals surface area (Å²) in [6.45, 7) is 0. The van der Waals surface area contributed by atoms with Crippen LogP contribution in [0.4, 0.5) is 0 Å². The number of fused-ring (bicyclic) bond motifs is 2. The molecule has 0 spiro atoms. The number of hydrogen-bond donors (Lipinski definition) is 0. The van der Waals surface area contributed by atoms with Gasteiger partial charge in [-0.15, -0.1) is 0 Å². The predicted octanol–water partition coefficient (Wildman–Crippen LogP) is 6.78. The van der Waals surface area contributed by atoms with Crippen molar-refractivity contribution in [1.82, 2.24) is 4.98 Å². The summed E-state index contributed by atoms with van der Waals surface area (Å²) in [6.07, 6.45) is 0.834. The van der Waals surface area contributed by atoms with Crippen LogP contribution in [-0.2, 0) is 0 Å². The minimum absolute atomic E-state index is 0.522. The molecule has 0 aliphatic rings. The number of hydrogen-bond acceptors (Lipinski definition) is 3. The van der Waals surface area contributed by atoms with Crippen LogP contribution in [0.2, 0.25) is 5.02 Å². The molecule has 0 radical (unpaired) electrons. The van der Waals surface area contributed by atoms with Gasteiger partial charge in [-0.3, -0.25) is 4.79 Å². The van der Waals surface area contributed by atoms with Crippen molar-refractivity contribution >= 4 is 39.8 Å². The van der Waals surface area contributed by atoms with Gasteiger partial charge >= 0.3 is 0 Å². The topological polar surface area (TPSA) is 43.1 Å². The van der Waals surface area contributed by atoms with Crippen LogP contribution in [0.1, 0.15) is 10.4 Å². The second kappa shape index (κ2) is 6.63. The molecule has 0 fully saturated rings. The van der Waals surface area contributed by atoms with Crippen LogP contribution in [0.15, 0.2) is 83.3 Å². The maximum atomic E-state index is 11.9. The van der Waals surface area contributed by atoms with Gasteiger partial charge in [-0.2, -0.15) is 0 Å². The summed E-state index contributed by atoms with van der Waals surface area (Å²) >= 11 is 6.41. The number of oxazole rings is 1. The lowest BCUT2D eigenvalue weighted by Crippen LogP contribution is -1.91. The Morgan fingerprint density at radius 1 is 0.857 bits per heavy atom. The van der Waals surface area contributed by atoms with E-state index in [4.69, 9.17) is 16.0 Å². The zero-order valence-corrected chi connectivity index (χ0v) is 15.5. The number of benzene rings is 4. The standard InChI is InChI=1S/C24H14ClNO2/c25-20-13-16(14-27)22(18-10-5-4-9-17(18)20)19-11-6-12-21-23(19)28-24(26-21)15-7-2-1-3-8-15/h1-14H. The second-order valence-corrected chi connectivity index (χ2v) is 6.93. The molecule has 3 nitrogen and oxygen atoms in total. The number of carbonyl (C=O) groups excluding carboxylic acids is 1. The van der Waals surface area contributed by atoms with Crippen molar-refractivity contribution in [2.75, 3.05) is 0 Å². The van der Waals surface area contributed by atoms with Gasteiger partial charge in [-0.05, 0) is 29.7 Å². The Kier molecular flexibility index (Phi) is 3.96. The summed E-state index contributed by atoms with van der Waals surface area (Å²) in [7, 11) is 0. The van der Waals surface area contributed by atoms with Crippen LogP contribution in [0.25, 0.3) is 44.5 Å². The highest BCUT2D eigenvalue weighted by Crippen LogP contribution is 2.40. The van der Waals surface area contributed by atoms with Crippen molar-refractivity contribution in [2.24, 2.45) is 0 Å². The third-order valence-corrected chi connectivity index (χ3v) is 5.17. The SMILES string of the molecule is O=Cc1cc(Cl)c2ccccc2c1-c1cccc2nc(-c3ccccc3)oc12. The molecule has 1 aromatic heterocycles. The molecule has 0 N–H and O–H groups in total. The first kappa shape index (κ1) is 16.7. The Hall–Kier alpha value is -3.43. The number of aldehydes is 1. The molecule has 4 aromatic carbocycles. The lowest BCUT2D eigenvalue weighted by Gasteiger charge is -2.11. The minimum atomic E-state index is 0.522. The summed E-state index contributed by atoms with van der Waals surface area (Å²) < 4.78 is 6.16. The fraction of sp³-hybridized carbons (Fsp3) is 0. The molecule has 5 rings (SSSR count). The average Bonchev–Trinajstić information content (AvgIpc) is 3.19. The normalized spacial score (nSPS) is 11.2. The first-order valence-electron chi connectivity index (χ1n) is 8.88. The molecule has 4 heteroatoms. The number of rotatable bonds is 3. The number of aromatic nitrogens is 1. The fourth-order valence-electron chi connectivity index (χ4n) is 3.59. The Morgan fingerprint density at radius 2 is 1.61 bits per heavy atom. The summed E-state index contributed by atoms with van der Waals surface area (Å²) in [5.41, 5.74) is 4.44. The highest BCUT2D eigenvalue weighted by atomic mass is 35.5. The lowest BCUT2D eigenvalue weighted by molar-refractivity contribution is 0.112. The van der Waals surface area contributed by atoms with Crippen LogP contribution in [0, 0.1) is 0 Å². The third-order valence-electron chi connectivity index (χ3n) is 4.86. The maximum Gasteiger partial charge on any atom is 0.227 e. The van der Waals surface area contributed by atoms with Crippen molar-refractivity contribution in [3.8, 4) is 22.6 Å². The van der Waals surface area contributed by atoms with E-state index in [0.717, 1.165) is 39.3 Å². The number of nitrogens with zero attached hydrogens (tertiary/aromatic N) is 1. The van der Waals surface area contributed by atoms with Gasteiger partial charge in [0.1, 0.15) is 5.52 Å². The first-order valence-corrected chi connectivity index (χ1v) is 9.26. The van der Waals surface area contributed by atoms with E-state index in [9.17, 15) is 4.79 Å². The van der Waals surface area contributed by atoms with Gasteiger partial charge in [0.2, 0.25) is 5.89 Å². The molecule has 28 heavy (non-hydrogen) atoms. The van der Waals surface area contributed by atoms with E-state index in [0.29, 0.717) is 22.1 Å². The second-order valence-electron chi connectivity index (χ2n) is 6.52. The molecular weight excluding hydrogens is 370 g/mol. The predicted molar refractivity (Wildman–Crippen MR) is 113 cm³/mol. The molecular formula is C24H14ClNO2. The zero-order chi connectivity index (χ0) is 19.1. The van der Waals surface area contributed by atoms with E-state index in [1.807, 2.05) is 72.8 Å². The molecule has 0 amide bonds. The molecule has 0 unspecified atom stereocenters. The van der Waals surface area contributed by atoms with Crippen LogP contribution in [0.5, 0.6) is 0 Å². The van der Waals surface area contributed by atoms with Gasteiger partial charge in [-0.1, -0.05) is 66.2 Å². The van der Waals surface area contributed by atoms with E-state index < -0.39 is 0 Å². The van der Waals surface area contributed by atoms with E-state index in [-0.39, 0.29) is 0 Å². The summed E-state index contributed by atoms with van der Waals surface area (Å²) in [6, 6.07) is 25.0. The van der Waals surface area contributed by atoms with Gasteiger partial charge in [0, 0.05) is 32.7 Å². The highest BCUT2D eigenvalue weighted by Gasteiger charge is 2.18. The molecule has 1 heterocycles. The molecule has 0 bridgehead atoms. The smallest absolute Gasteiger partial charge is 0.227 e. The molecule has 0 saturated carbocycles. The molecule has 0 atom stereocenters. The molecule has 0 aliphatic heterocycles. The van der Waals surface area contributed by atoms with E-state index in [2.05, 4.69) is 4.98 Å². The molecule has 0 aliphatic carbocycles. The fourth-order valence-corrected chi connectivity index (χ4v) is 3.88. The van der Waals surface area contributed by atoms with E-state index in [1.54, 1.807) is 6.07 Å². The molecule has 134 valence electrons. The van der Waals surface area contributed by atoms with Crippen LogP contribution < -0.4 is 0 Å². The number of carbonyl (C=O) groups is 1.